The maximum absolute atomic E-state index is 11.5. The van der Waals surface area contributed by atoms with Gasteiger partial charge in [-0.2, -0.15) is 0 Å². The van der Waals surface area contributed by atoms with E-state index in [2.05, 4.69) is 6.58 Å². The SMILES string of the molecule is C=CC(=O)C(C)C1CC2CC1CC2O. The minimum atomic E-state index is -0.0951. The van der Waals surface area contributed by atoms with Gasteiger partial charge in [0.1, 0.15) is 0 Å². The fraction of sp³-hybridized carbons (Fsp3) is 0.750. The summed E-state index contributed by atoms with van der Waals surface area (Å²) in [5.74, 6) is 1.81. The molecule has 0 aliphatic heterocycles. The molecule has 0 saturated heterocycles. The minimum absolute atomic E-state index is 0.0951. The van der Waals surface area contributed by atoms with Gasteiger partial charge in [0.05, 0.1) is 6.10 Å². The summed E-state index contributed by atoms with van der Waals surface area (Å²) in [6, 6.07) is 0. The van der Waals surface area contributed by atoms with Gasteiger partial charge in [-0.05, 0) is 43.1 Å². The fourth-order valence-electron chi connectivity index (χ4n) is 3.30. The summed E-state index contributed by atoms with van der Waals surface area (Å²) in [6.07, 6.45) is 4.41. The van der Waals surface area contributed by atoms with Crippen LogP contribution < -0.4 is 0 Å². The molecule has 2 aliphatic rings. The monoisotopic (exact) mass is 194 g/mol. The predicted molar refractivity (Wildman–Crippen MR) is 54.7 cm³/mol. The highest BCUT2D eigenvalue weighted by Crippen LogP contribution is 2.51. The predicted octanol–water partition coefficient (Wildman–Crippen LogP) is 1.78. The number of aliphatic hydroxyl groups excluding tert-OH is 1. The van der Waals surface area contributed by atoms with Crippen molar-refractivity contribution >= 4 is 5.78 Å². The first-order valence-corrected chi connectivity index (χ1v) is 5.47. The molecule has 5 unspecified atom stereocenters. The van der Waals surface area contributed by atoms with Crippen LogP contribution in [0.1, 0.15) is 26.2 Å². The van der Waals surface area contributed by atoms with Gasteiger partial charge in [-0.3, -0.25) is 4.79 Å². The molecule has 1 N–H and O–H groups in total. The van der Waals surface area contributed by atoms with Crippen molar-refractivity contribution in [3.05, 3.63) is 12.7 Å². The zero-order chi connectivity index (χ0) is 10.3. The maximum Gasteiger partial charge on any atom is 0.158 e. The molecular formula is C12H18O2. The van der Waals surface area contributed by atoms with E-state index in [9.17, 15) is 9.90 Å². The third-order valence-electron chi connectivity index (χ3n) is 4.17. The number of hydrogen-bond donors (Lipinski definition) is 1. The zero-order valence-electron chi connectivity index (χ0n) is 8.65. The van der Waals surface area contributed by atoms with Crippen molar-refractivity contribution in [2.45, 2.75) is 32.3 Å². The van der Waals surface area contributed by atoms with Crippen molar-refractivity contribution in [2.24, 2.45) is 23.7 Å². The molecule has 2 rings (SSSR count). The smallest absolute Gasteiger partial charge is 0.158 e. The quantitative estimate of drug-likeness (QED) is 0.695. The van der Waals surface area contributed by atoms with Crippen LogP contribution in [0, 0.1) is 23.7 Å². The number of ketones is 1. The number of aliphatic hydroxyl groups is 1. The molecule has 0 radical (unpaired) electrons. The Labute approximate surface area is 85.0 Å². The number of carbonyl (C=O) groups excluding carboxylic acids is 1. The first-order valence-electron chi connectivity index (χ1n) is 5.47. The summed E-state index contributed by atoms with van der Waals surface area (Å²) in [6.45, 7) is 5.53. The first-order chi connectivity index (χ1) is 6.63. The Kier molecular flexibility index (Phi) is 2.48. The van der Waals surface area contributed by atoms with Gasteiger partial charge >= 0.3 is 0 Å². The normalized spacial score (nSPS) is 42.4. The Bertz CT molecular complexity index is 257. The molecule has 14 heavy (non-hydrogen) atoms. The highest BCUT2D eigenvalue weighted by atomic mass is 16.3. The molecule has 0 aromatic heterocycles. The van der Waals surface area contributed by atoms with E-state index >= 15 is 0 Å². The molecule has 2 saturated carbocycles. The molecule has 78 valence electrons. The Hall–Kier alpha value is -0.630. The van der Waals surface area contributed by atoms with Crippen LogP contribution in [0.3, 0.4) is 0 Å². The second kappa shape index (κ2) is 3.50. The van der Waals surface area contributed by atoms with E-state index in [0.717, 1.165) is 19.3 Å². The third-order valence-corrected chi connectivity index (χ3v) is 4.17. The lowest BCUT2D eigenvalue weighted by Crippen LogP contribution is -2.28. The van der Waals surface area contributed by atoms with E-state index in [1.807, 2.05) is 6.92 Å². The lowest BCUT2D eigenvalue weighted by atomic mass is 9.77. The van der Waals surface area contributed by atoms with Crippen LogP contribution in [-0.2, 0) is 4.79 Å². The van der Waals surface area contributed by atoms with Gasteiger partial charge in [0.25, 0.3) is 0 Å². The highest BCUT2D eigenvalue weighted by Gasteiger charge is 2.47. The van der Waals surface area contributed by atoms with Crippen molar-refractivity contribution in [2.75, 3.05) is 0 Å². The molecule has 2 bridgehead atoms. The van der Waals surface area contributed by atoms with Crippen LogP contribution in [0.25, 0.3) is 0 Å². The van der Waals surface area contributed by atoms with Gasteiger partial charge in [-0.1, -0.05) is 13.5 Å². The van der Waals surface area contributed by atoms with Gasteiger partial charge in [0.2, 0.25) is 0 Å². The molecule has 2 heteroatoms. The summed E-state index contributed by atoms with van der Waals surface area (Å²) < 4.78 is 0. The number of allylic oxidation sites excluding steroid dienone is 1. The standard InChI is InChI=1S/C12H18O2/c1-3-11(13)7(2)10-5-9-4-8(10)6-12(9)14/h3,7-10,12,14H,1,4-6H2,2H3. The van der Waals surface area contributed by atoms with Gasteiger partial charge in [-0.25, -0.2) is 0 Å². The average molecular weight is 194 g/mol. The number of carbonyl (C=O) groups is 1. The van der Waals surface area contributed by atoms with Crippen molar-refractivity contribution in [1.82, 2.24) is 0 Å². The van der Waals surface area contributed by atoms with E-state index in [1.165, 1.54) is 6.08 Å². The largest absolute Gasteiger partial charge is 0.393 e. The molecule has 0 amide bonds. The summed E-state index contributed by atoms with van der Waals surface area (Å²) in [5, 5.41) is 9.61. The van der Waals surface area contributed by atoms with Gasteiger partial charge < -0.3 is 5.11 Å². The molecule has 0 spiro atoms. The summed E-state index contributed by atoms with van der Waals surface area (Å²) in [5.41, 5.74) is 0. The fourth-order valence-corrected chi connectivity index (χ4v) is 3.30. The van der Waals surface area contributed by atoms with Gasteiger partial charge in [0, 0.05) is 5.92 Å². The number of hydrogen-bond acceptors (Lipinski definition) is 2. The van der Waals surface area contributed by atoms with Crippen LogP contribution in [0.4, 0.5) is 0 Å². The molecular weight excluding hydrogens is 176 g/mol. The first kappa shape index (κ1) is 9.91. The molecule has 0 aromatic rings. The molecule has 5 atom stereocenters. The Morgan fingerprint density at radius 3 is 2.57 bits per heavy atom. The van der Waals surface area contributed by atoms with E-state index in [-0.39, 0.29) is 17.8 Å². The zero-order valence-corrected chi connectivity index (χ0v) is 8.65. The lowest BCUT2D eigenvalue weighted by Gasteiger charge is -2.28. The summed E-state index contributed by atoms with van der Waals surface area (Å²) >= 11 is 0. The van der Waals surface area contributed by atoms with Gasteiger partial charge in [0.15, 0.2) is 5.78 Å². The average Bonchev–Trinajstić information content (AvgIpc) is 2.73. The van der Waals surface area contributed by atoms with Crippen molar-refractivity contribution in [3.8, 4) is 0 Å². The third kappa shape index (κ3) is 1.42. The molecule has 2 aliphatic carbocycles. The van der Waals surface area contributed by atoms with E-state index < -0.39 is 0 Å². The van der Waals surface area contributed by atoms with E-state index in [4.69, 9.17) is 0 Å². The highest BCUT2D eigenvalue weighted by molar-refractivity contribution is 5.91. The van der Waals surface area contributed by atoms with Crippen LogP contribution in [-0.4, -0.2) is 17.0 Å². The van der Waals surface area contributed by atoms with Gasteiger partial charge in [-0.15, -0.1) is 0 Å². The van der Waals surface area contributed by atoms with Crippen molar-refractivity contribution in [3.63, 3.8) is 0 Å². The number of rotatable bonds is 3. The van der Waals surface area contributed by atoms with E-state index in [0.29, 0.717) is 17.8 Å². The second-order valence-corrected chi connectivity index (χ2v) is 4.85. The lowest BCUT2D eigenvalue weighted by molar-refractivity contribution is -0.120. The van der Waals surface area contributed by atoms with Crippen LogP contribution >= 0.6 is 0 Å². The van der Waals surface area contributed by atoms with Crippen molar-refractivity contribution in [1.29, 1.82) is 0 Å². The Balaban J connectivity index is 2.02. The topological polar surface area (TPSA) is 37.3 Å². The van der Waals surface area contributed by atoms with E-state index in [1.54, 1.807) is 0 Å². The maximum atomic E-state index is 11.5. The summed E-state index contributed by atoms with van der Waals surface area (Å²) in [7, 11) is 0. The molecule has 2 nitrogen and oxygen atoms in total. The molecule has 0 heterocycles. The number of fused-ring (bicyclic) bond motifs is 2. The molecule has 0 aromatic carbocycles. The second-order valence-electron chi connectivity index (χ2n) is 4.85. The van der Waals surface area contributed by atoms with Crippen LogP contribution in [0.15, 0.2) is 12.7 Å². The van der Waals surface area contributed by atoms with Crippen molar-refractivity contribution < 1.29 is 9.90 Å². The summed E-state index contributed by atoms with van der Waals surface area (Å²) in [4.78, 5) is 11.5. The molecule has 2 fully saturated rings. The Morgan fingerprint density at radius 1 is 1.43 bits per heavy atom. The Morgan fingerprint density at radius 2 is 2.14 bits per heavy atom. The van der Waals surface area contributed by atoms with Crippen LogP contribution in [0.5, 0.6) is 0 Å². The van der Waals surface area contributed by atoms with Crippen LogP contribution in [0.2, 0.25) is 0 Å². The minimum Gasteiger partial charge on any atom is -0.393 e.